The van der Waals surface area contributed by atoms with Crippen LogP contribution in [0.3, 0.4) is 0 Å². The second-order valence-electron chi connectivity index (χ2n) is 8.00. The lowest BCUT2D eigenvalue weighted by Crippen LogP contribution is -2.45. The van der Waals surface area contributed by atoms with E-state index in [1.54, 1.807) is 19.1 Å². The standard InChI is InChI=1S/C24H29N3O3/c1-4-26-11-13-27(14-12-26)15-19-20(28)9-10-21-23(19)22(17(3)30-21)24(29)25-18-7-5-16(2)6-8-18/h5-10,28H,4,11-15H2,1-3H3,(H,25,29). The molecule has 6 nitrogen and oxygen atoms in total. The number of hydrogen-bond acceptors (Lipinski definition) is 5. The summed E-state index contributed by atoms with van der Waals surface area (Å²) >= 11 is 0. The Bertz CT molecular complexity index is 1050. The highest BCUT2D eigenvalue weighted by Crippen LogP contribution is 2.35. The Hall–Kier alpha value is -2.83. The first kappa shape index (κ1) is 20.4. The number of furan rings is 1. The summed E-state index contributed by atoms with van der Waals surface area (Å²) < 4.78 is 5.90. The highest BCUT2D eigenvalue weighted by molar-refractivity contribution is 6.14. The SMILES string of the molecule is CCN1CCN(Cc2c(O)ccc3oc(C)c(C(=O)Nc4ccc(C)cc4)c23)CC1. The van der Waals surface area contributed by atoms with E-state index in [1.807, 2.05) is 31.2 Å². The van der Waals surface area contributed by atoms with Crippen LogP contribution in [0.15, 0.2) is 40.8 Å². The molecule has 1 amide bonds. The van der Waals surface area contributed by atoms with E-state index >= 15 is 0 Å². The Morgan fingerprint density at radius 3 is 2.37 bits per heavy atom. The minimum Gasteiger partial charge on any atom is -0.508 e. The molecule has 30 heavy (non-hydrogen) atoms. The number of anilines is 1. The molecule has 0 aliphatic carbocycles. The highest BCUT2D eigenvalue weighted by Gasteiger charge is 2.25. The van der Waals surface area contributed by atoms with Crippen molar-refractivity contribution in [3.8, 4) is 5.75 Å². The first-order chi connectivity index (χ1) is 14.5. The Labute approximate surface area is 177 Å². The largest absolute Gasteiger partial charge is 0.508 e. The van der Waals surface area contributed by atoms with Gasteiger partial charge in [-0.2, -0.15) is 0 Å². The van der Waals surface area contributed by atoms with Crippen LogP contribution in [0.5, 0.6) is 5.75 Å². The number of carbonyl (C=O) groups excluding carboxylic acids is 1. The first-order valence-corrected chi connectivity index (χ1v) is 10.5. The van der Waals surface area contributed by atoms with Gasteiger partial charge >= 0.3 is 0 Å². The van der Waals surface area contributed by atoms with Crippen LogP contribution in [-0.4, -0.2) is 53.5 Å². The summed E-state index contributed by atoms with van der Waals surface area (Å²) in [5.74, 6) is 0.528. The van der Waals surface area contributed by atoms with Crippen LogP contribution in [0.1, 0.15) is 34.2 Å². The van der Waals surface area contributed by atoms with Crippen LogP contribution in [0.2, 0.25) is 0 Å². The van der Waals surface area contributed by atoms with E-state index in [0.717, 1.165) is 49.5 Å². The Morgan fingerprint density at radius 1 is 1.03 bits per heavy atom. The van der Waals surface area contributed by atoms with Gasteiger partial charge in [-0.05, 0) is 44.7 Å². The normalized spacial score (nSPS) is 15.6. The van der Waals surface area contributed by atoms with Crippen molar-refractivity contribution in [2.75, 3.05) is 38.0 Å². The number of likely N-dealkylation sites (N-methyl/N-ethyl adjacent to an activating group) is 1. The van der Waals surface area contributed by atoms with Crippen LogP contribution < -0.4 is 5.32 Å². The van der Waals surface area contributed by atoms with E-state index in [9.17, 15) is 9.90 Å². The monoisotopic (exact) mass is 407 g/mol. The maximum atomic E-state index is 13.2. The smallest absolute Gasteiger partial charge is 0.259 e. The van der Waals surface area contributed by atoms with Gasteiger partial charge in [0.1, 0.15) is 17.1 Å². The number of hydrogen-bond donors (Lipinski definition) is 2. The van der Waals surface area contributed by atoms with E-state index in [4.69, 9.17) is 4.42 Å². The van der Waals surface area contributed by atoms with Crippen molar-refractivity contribution in [3.05, 3.63) is 58.8 Å². The molecule has 158 valence electrons. The molecule has 3 aromatic rings. The van der Waals surface area contributed by atoms with Crippen LogP contribution in [0, 0.1) is 13.8 Å². The summed E-state index contributed by atoms with van der Waals surface area (Å²) in [7, 11) is 0. The highest BCUT2D eigenvalue weighted by atomic mass is 16.3. The quantitative estimate of drug-likeness (QED) is 0.665. The molecule has 0 atom stereocenters. The molecule has 0 spiro atoms. The summed E-state index contributed by atoms with van der Waals surface area (Å²) in [6, 6.07) is 11.1. The van der Waals surface area contributed by atoms with E-state index < -0.39 is 0 Å². The number of nitrogens with one attached hydrogen (secondary N) is 1. The molecule has 2 N–H and O–H groups in total. The number of carbonyl (C=O) groups is 1. The van der Waals surface area contributed by atoms with Crippen LogP contribution in [-0.2, 0) is 6.54 Å². The molecule has 1 aliphatic rings. The van der Waals surface area contributed by atoms with Gasteiger partial charge in [0.15, 0.2) is 0 Å². The molecule has 1 aliphatic heterocycles. The third-order valence-corrected chi connectivity index (χ3v) is 5.95. The van der Waals surface area contributed by atoms with E-state index in [-0.39, 0.29) is 11.7 Å². The van der Waals surface area contributed by atoms with Gasteiger partial charge < -0.3 is 19.7 Å². The van der Waals surface area contributed by atoms with Gasteiger partial charge in [0.05, 0.1) is 5.56 Å². The van der Waals surface area contributed by atoms with E-state index in [1.165, 1.54) is 0 Å². The van der Waals surface area contributed by atoms with Crippen molar-refractivity contribution in [3.63, 3.8) is 0 Å². The third kappa shape index (κ3) is 4.06. The number of rotatable bonds is 5. The third-order valence-electron chi connectivity index (χ3n) is 5.95. The maximum Gasteiger partial charge on any atom is 0.259 e. The molecule has 0 saturated carbocycles. The molecule has 0 unspecified atom stereocenters. The van der Waals surface area contributed by atoms with E-state index in [0.29, 0.717) is 28.8 Å². The number of aromatic hydroxyl groups is 1. The molecular weight excluding hydrogens is 378 g/mol. The summed E-state index contributed by atoms with van der Waals surface area (Å²) in [6.07, 6.45) is 0. The molecule has 4 rings (SSSR count). The second-order valence-corrected chi connectivity index (χ2v) is 8.00. The number of phenolic OH excluding ortho intramolecular Hbond substituents is 1. The van der Waals surface area contributed by atoms with Crippen LogP contribution in [0.4, 0.5) is 5.69 Å². The van der Waals surface area contributed by atoms with Gasteiger partial charge in [0.2, 0.25) is 0 Å². The number of aryl methyl sites for hydroxylation is 2. The zero-order valence-electron chi connectivity index (χ0n) is 17.9. The average molecular weight is 408 g/mol. The second kappa shape index (κ2) is 8.50. The van der Waals surface area contributed by atoms with Crippen molar-refractivity contribution in [2.24, 2.45) is 0 Å². The first-order valence-electron chi connectivity index (χ1n) is 10.5. The molecule has 0 radical (unpaired) electrons. The van der Waals surface area contributed by atoms with Gasteiger partial charge in [-0.15, -0.1) is 0 Å². The minimum absolute atomic E-state index is 0.200. The molecule has 1 aromatic heterocycles. The summed E-state index contributed by atoms with van der Waals surface area (Å²) in [5.41, 5.74) is 3.73. The summed E-state index contributed by atoms with van der Waals surface area (Å²) in [6.45, 7) is 11.5. The Kier molecular flexibility index (Phi) is 5.79. The van der Waals surface area contributed by atoms with Crippen molar-refractivity contribution in [1.82, 2.24) is 9.80 Å². The van der Waals surface area contributed by atoms with Gasteiger partial charge in [0.25, 0.3) is 5.91 Å². The number of piperazine rings is 1. The lowest BCUT2D eigenvalue weighted by Gasteiger charge is -2.34. The fourth-order valence-corrected chi connectivity index (χ4v) is 4.12. The molecule has 1 saturated heterocycles. The van der Waals surface area contributed by atoms with Gasteiger partial charge in [-0.1, -0.05) is 24.6 Å². The molecule has 6 heteroatoms. The number of benzene rings is 2. The van der Waals surface area contributed by atoms with Crippen molar-refractivity contribution < 1.29 is 14.3 Å². The summed E-state index contributed by atoms with van der Waals surface area (Å²) in [4.78, 5) is 17.9. The predicted octanol–water partition coefficient (Wildman–Crippen LogP) is 4.15. The number of nitrogens with zero attached hydrogens (tertiary/aromatic N) is 2. The lowest BCUT2D eigenvalue weighted by atomic mass is 10.0. The molecule has 2 heterocycles. The lowest BCUT2D eigenvalue weighted by molar-refractivity contribution is 0.102. The fourth-order valence-electron chi connectivity index (χ4n) is 4.12. The zero-order valence-corrected chi connectivity index (χ0v) is 17.9. The van der Waals surface area contributed by atoms with Gasteiger partial charge in [0, 0.05) is 49.4 Å². The van der Waals surface area contributed by atoms with Gasteiger partial charge in [-0.3, -0.25) is 9.69 Å². The minimum atomic E-state index is -0.224. The van der Waals surface area contributed by atoms with Crippen molar-refractivity contribution >= 4 is 22.6 Å². The molecule has 2 aromatic carbocycles. The maximum absolute atomic E-state index is 13.2. The van der Waals surface area contributed by atoms with Crippen LogP contribution in [0.25, 0.3) is 11.0 Å². The molecule has 1 fully saturated rings. The van der Waals surface area contributed by atoms with E-state index in [2.05, 4.69) is 22.0 Å². The average Bonchev–Trinajstić information content (AvgIpc) is 3.08. The number of fused-ring (bicyclic) bond motifs is 1. The van der Waals surface area contributed by atoms with Gasteiger partial charge in [-0.25, -0.2) is 0 Å². The van der Waals surface area contributed by atoms with Crippen molar-refractivity contribution in [2.45, 2.75) is 27.3 Å². The number of phenols is 1. The zero-order chi connectivity index (χ0) is 21.3. The summed E-state index contributed by atoms with van der Waals surface area (Å²) in [5, 5.41) is 14.3. The number of amides is 1. The Balaban J connectivity index is 1.66. The topological polar surface area (TPSA) is 69.0 Å². The fraction of sp³-hybridized carbons (Fsp3) is 0.375. The van der Waals surface area contributed by atoms with Crippen LogP contribution >= 0.6 is 0 Å². The molecule has 0 bridgehead atoms. The predicted molar refractivity (Wildman–Crippen MR) is 119 cm³/mol. The van der Waals surface area contributed by atoms with Crippen molar-refractivity contribution in [1.29, 1.82) is 0 Å². The molecular formula is C24H29N3O3. The Morgan fingerprint density at radius 2 is 1.70 bits per heavy atom.